The topological polar surface area (TPSA) is 58.6 Å². The zero-order valence-corrected chi connectivity index (χ0v) is 13.0. The van der Waals surface area contributed by atoms with Crippen molar-refractivity contribution < 1.29 is 14.6 Å². The van der Waals surface area contributed by atoms with Gasteiger partial charge in [-0.2, -0.15) is 0 Å². The summed E-state index contributed by atoms with van der Waals surface area (Å²) in [6.07, 6.45) is 1.51. The van der Waals surface area contributed by atoms with Crippen molar-refractivity contribution in [3.8, 4) is 0 Å². The molecule has 1 atom stereocenters. The number of aliphatic hydroxyl groups excluding tert-OH is 1. The third-order valence-electron chi connectivity index (χ3n) is 3.27. The first kappa shape index (κ1) is 15.9. The average molecular weight is 307 g/mol. The van der Waals surface area contributed by atoms with Gasteiger partial charge in [-0.05, 0) is 30.4 Å². The molecule has 5 heteroatoms. The summed E-state index contributed by atoms with van der Waals surface area (Å²) in [6, 6.07) is 10.0. The molecule has 0 saturated carbocycles. The van der Waals surface area contributed by atoms with Crippen LogP contribution in [0.5, 0.6) is 0 Å². The third-order valence-corrected chi connectivity index (χ3v) is 4.49. The number of carbonyl (C=O) groups is 1. The van der Waals surface area contributed by atoms with Gasteiger partial charge in [0.15, 0.2) is 0 Å². The lowest BCUT2D eigenvalue weighted by Gasteiger charge is -2.10. The van der Waals surface area contributed by atoms with Gasteiger partial charge in [0, 0.05) is 36.3 Å². The van der Waals surface area contributed by atoms with Crippen LogP contribution in [0.1, 0.15) is 30.2 Å². The number of benzene rings is 1. The lowest BCUT2D eigenvalue weighted by molar-refractivity contribution is -0.121. The Morgan fingerprint density at radius 2 is 2.19 bits per heavy atom. The summed E-state index contributed by atoms with van der Waals surface area (Å²) in [5.41, 5.74) is 0. The van der Waals surface area contributed by atoms with Crippen LogP contribution in [-0.4, -0.2) is 31.3 Å². The number of nitrogens with one attached hydrogen (secondary N) is 1. The van der Waals surface area contributed by atoms with Crippen LogP contribution >= 0.6 is 11.3 Å². The molecular weight excluding hydrogens is 286 g/mol. The highest BCUT2D eigenvalue weighted by Crippen LogP contribution is 2.29. The Balaban J connectivity index is 1.78. The second-order valence-electron chi connectivity index (χ2n) is 4.96. The number of unbranched alkanes of at least 4 members (excludes halogenated alkanes) is 1. The van der Waals surface area contributed by atoms with E-state index in [1.54, 1.807) is 18.4 Å². The third kappa shape index (κ3) is 4.81. The quantitative estimate of drug-likeness (QED) is 0.737. The zero-order chi connectivity index (χ0) is 15.1. The van der Waals surface area contributed by atoms with Crippen LogP contribution in [-0.2, 0) is 9.53 Å². The van der Waals surface area contributed by atoms with E-state index in [1.165, 1.54) is 0 Å². The molecular formula is C16H21NO3S. The number of rotatable bonds is 8. The maximum absolute atomic E-state index is 11.7. The predicted octanol–water partition coefficient (Wildman–Crippen LogP) is 2.87. The highest BCUT2D eigenvalue weighted by atomic mass is 32.1. The fraction of sp³-hybridized carbons (Fsp3) is 0.438. The average Bonchev–Trinajstić information content (AvgIpc) is 2.93. The zero-order valence-electron chi connectivity index (χ0n) is 12.2. The molecule has 1 heterocycles. The molecule has 0 radical (unpaired) electrons. The Bertz CT molecular complexity index is 549. The molecule has 4 nitrogen and oxygen atoms in total. The van der Waals surface area contributed by atoms with Crippen molar-refractivity contribution in [2.75, 3.05) is 20.3 Å². The number of ether oxygens (including phenoxy) is 1. The molecule has 0 spiro atoms. The van der Waals surface area contributed by atoms with E-state index < -0.39 is 6.10 Å². The van der Waals surface area contributed by atoms with E-state index in [9.17, 15) is 9.90 Å². The molecule has 0 aliphatic rings. The second kappa shape index (κ2) is 8.12. The standard InChI is InChI=1S/C16H21NO3S/c1-20-9-5-4-8-16(19)17-11-13(18)15-10-12-6-2-3-7-14(12)21-15/h2-3,6-7,10,13,18H,4-5,8-9,11H2,1H3,(H,17,19). The van der Waals surface area contributed by atoms with E-state index >= 15 is 0 Å². The van der Waals surface area contributed by atoms with E-state index in [-0.39, 0.29) is 12.5 Å². The van der Waals surface area contributed by atoms with Gasteiger partial charge < -0.3 is 15.2 Å². The minimum absolute atomic E-state index is 0.0220. The van der Waals surface area contributed by atoms with Gasteiger partial charge in [0.1, 0.15) is 6.10 Å². The number of hydrogen-bond donors (Lipinski definition) is 2. The van der Waals surface area contributed by atoms with Crippen LogP contribution in [0.2, 0.25) is 0 Å². The first-order chi connectivity index (χ1) is 10.2. The van der Waals surface area contributed by atoms with Crippen LogP contribution in [0.25, 0.3) is 10.1 Å². The summed E-state index contributed by atoms with van der Waals surface area (Å²) < 4.78 is 6.09. The normalized spacial score (nSPS) is 12.5. The summed E-state index contributed by atoms with van der Waals surface area (Å²) in [5.74, 6) is -0.0220. The van der Waals surface area contributed by atoms with Crippen molar-refractivity contribution >= 4 is 27.3 Å². The highest BCUT2D eigenvalue weighted by molar-refractivity contribution is 7.19. The summed E-state index contributed by atoms with van der Waals surface area (Å²) in [7, 11) is 1.65. The number of amides is 1. The summed E-state index contributed by atoms with van der Waals surface area (Å²) in [6.45, 7) is 0.938. The van der Waals surface area contributed by atoms with Crippen LogP contribution in [0.3, 0.4) is 0 Å². The van der Waals surface area contributed by atoms with Crippen molar-refractivity contribution in [3.05, 3.63) is 35.2 Å². The SMILES string of the molecule is COCCCCC(=O)NCC(O)c1cc2ccccc2s1. The van der Waals surface area contributed by atoms with Crippen LogP contribution in [0, 0.1) is 0 Å². The summed E-state index contributed by atoms with van der Waals surface area (Å²) >= 11 is 1.56. The fourth-order valence-electron chi connectivity index (χ4n) is 2.10. The number of carbonyl (C=O) groups excluding carboxylic acids is 1. The number of methoxy groups -OCH3 is 1. The lowest BCUT2D eigenvalue weighted by atomic mass is 10.2. The van der Waals surface area contributed by atoms with Crippen molar-refractivity contribution in [2.24, 2.45) is 0 Å². The minimum atomic E-state index is -0.648. The molecule has 1 unspecified atom stereocenters. The van der Waals surface area contributed by atoms with Gasteiger partial charge in [-0.15, -0.1) is 11.3 Å². The fourth-order valence-corrected chi connectivity index (χ4v) is 3.15. The molecule has 0 saturated heterocycles. The molecule has 1 aromatic heterocycles. The van der Waals surface area contributed by atoms with E-state index in [0.29, 0.717) is 13.0 Å². The second-order valence-corrected chi connectivity index (χ2v) is 6.07. The molecule has 2 N–H and O–H groups in total. The Hall–Kier alpha value is -1.43. The maximum atomic E-state index is 11.7. The molecule has 0 fully saturated rings. The van der Waals surface area contributed by atoms with Crippen molar-refractivity contribution in [1.82, 2.24) is 5.32 Å². The molecule has 0 bridgehead atoms. The van der Waals surface area contributed by atoms with Gasteiger partial charge in [-0.3, -0.25) is 4.79 Å². The first-order valence-corrected chi connectivity index (χ1v) is 7.94. The number of thiophene rings is 1. The van der Waals surface area contributed by atoms with Crippen LogP contribution in [0.15, 0.2) is 30.3 Å². The van der Waals surface area contributed by atoms with Crippen molar-refractivity contribution in [2.45, 2.75) is 25.4 Å². The van der Waals surface area contributed by atoms with Crippen molar-refractivity contribution in [3.63, 3.8) is 0 Å². The van der Waals surface area contributed by atoms with Crippen LogP contribution in [0.4, 0.5) is 0 Å². The molecule has 1 aromatic carbocycles. The molecule has 114 valence electrons. The van der Waals surface area contributed by atoms with Gasteiger partial charge in [-0.25, -0.2) is 0 Å². The molecule has 2 aromatic rings. The monoisotopic (exact) mass is 307 g/mol. The molecule has 1 amide bonds. The Morgan fingerprint density at radius 1 is 1.38 bits per heavy atom. The van der Waals surface area contributed by atoms with E-state index in [2.05, 4.69) is 5.32 Å². The molecule has 21 heavy (non-hydrogen) atoms. The summed E-state index contributed by atoms with van der Waals surface area (Å²) in [5, 5.41) is 14.1. The van der Waals surface area contributed by atoms with E-state index in [0.717, 1.165) is 27.8 Å². The Morgan fingerprint density at radius 3 is 2.95 bits per heavy atom. The van der Waals surface area contributed by atoms with Gasteiger partial charge in [0.05, 0.1) is 0 Å². The summed E-state index contributed by atoms with van der Waals surface area (Å²) in [4.78, 5) is 12.5. The van der Waals surface area contributed by atoms with Gasteiger partial charge in [0.2, 0.25) is 5.91 Å². The minimum Gasteiger partial charge on any atom is -0.386 e. The highest BCUT2D eigenvalue weighted by Gasteiger charge is 2.12. The molecule has 0 aliphatic heterocycles. The number of aliphatic hydroxyl groups is 1. The smallest absolute Gasteiger partial charge is 0.220 e. The Labute approximate surface area is 128 Å². The maximum Gasteiger partial charge on any atom is 0.220 e. The van der Waals surface area contributed by atoms with Crippen LogP contribution < -0.4 is 5.32 Å². The van der Waals surface area contributed by atoms with E-state index in [1.807, 2.05) is 30.3 Å². The van der Waals surface area contributed by atoms with E-state index in [4.69, 9.17) is 4.74 Å². The Kier molecular flexibility index (Phi) is 6.17. The number of hydrogen-bond acceptors (Lipinski definition) is 4. The molecule has 2 rings (SSSR count). The number of fused-ring (bicyclic) bond motifs is 1. The largest absolute Gasteiger partial charge is 0.386 e. The lowest BCUT2D eigenvalue weighted by Crippen LogP contribution is -2.27. The van der Waals surface area contributed by atoms with Gasteiger partial charge in [0.25, 0.3) is 0 Å². The van der Waals surface area contributed by atoms with Gasteiger partial charge >= 0.3 is 0 Å². The predicted molar refractivity (Wildman–Crippen MR) is 85.5 cm³/mol. The van der Waals surface area contributed by atoms with Gasteiger partial charge in [-0.1, -0.05) is 18.2 Å². The molecule has 0 aliphatic carbocycles. The first-order valence-electron chi connectivity index (χ1n) is 7.13. The van der Waals surface area contributed by atoms with Crippen molar-refractivity contribution in [1.29, 1.82) is 0 Å².